The standard InChI is InChI=1S/C15H16N2O3/c1-10-4-2-3-5-11(10)6-9-17-13(19)15(7-8-15)12(18)16-14(17)20/h2-5H,6-9H2,1H3,(H,16,18,20). The molecule has 1 aliphatic heterocycles. The lowest BCUT2D eigenvalue weighted by Crippen LogP contribution is -2.59. The molecule has 0 radical (unpaired) electrons. The number of amides is 4. The van der Waals surface area contributed by atoms with E-state index >= 15 is 0 Å². The average Bonchev–Trinajstić information content (AvgIpc) is 3.20. The summed E-state index contributed by atoms with van der Waals surface area (Å²) in [6.07, 6.45) is 1.70. The molecule has 1 saturated heterocycles. The molecule has 3 rings (SSSR count). The van der Waals surface area contributed by atoms with Crippen LogP contribution < -0.4 is 5.32 Å². The van der Waals surface area contributed by atoms with Crippen LogP contribution in [-0.2, 0) is 16.0 Å². The fraction of sp³-hybridized carbons (Fsp3) is 0.400. The Morgan fingerprint density at radius 3 is 2.55 bits per heavy atom. The van der Waals surface area contributed by atoms with Gasteiger partial charge in [0.2, 0.25) is 11.8 Å². The zero-order chi connectivity index (χ0) is 14.3. The molecule has 1 saturated carbocycles. The summed E-state index contributed by atoms with van der Waals surface area (Å²) in [5, 5.41) is 2.29. The SMILES string of the molecule is Cc1ccccc1CCN1C(=O)NC(=O)C2(CC2)C1=O. The number of rotatable bonds is 3. The van der Waals surface area contributed by atoms with Gasteiger partial charge in [0.25, 0.3) is 0 Å². The number of nitrogens with one attached hydrogen (secondary N) is 1. The molecule has 2 aliphatic rings. The molecule has 5 nitrogen and oxygen atoms in total. The molecule has 0 unspecified atom stereocenters. The van der Waals surface area contributed by atoms with Gasteiger partial charge in [0.15, 0.2) is 0 Å². The lowest BCUT2D eigenvalue weighted by atomic mass is 10.0. The number of carbonyl (C=O) groups excluding carboxylic acids is 3. The molecular formula is C15H16N2O3. The van der Waals surface area contributed by atoms with Gasteiger partial charge in [0.05, 0.1) is 0 Å². The van der Waals surface area contributed by atoms with Gasteiger partial charge in [-0.05, 0) is 37.3 Å². The van der Waals surface area contributed by atoms with Crippen molar-refractivity contribution in [3.05, 3.63) is 35.4 Å². The molecule has 4 amide bonds. The van der Waals surface area contributed by atoms with Crippen LogP contribution in [0, 0.1) is 12.3 Å². The van der Waals surface area contributed by atoms with E-state index in [-0.39, 0.29) is 5.91 Å². The van der Waals surface area contributed by atoms with Gasteiger partial charge in [0.1, 0.15) is 5.41 Å². The van der Waals surface area contributed by atoms with Crippen LogP contribution in [0.5, 0.6) is 0 Å². The van der Waals surface area contributed by atoms with Gasteiger partial charge in [-0.2, -0.15) is 0 Å². The summed E-state index contributed by atoms with van der Waals surface area (Å²) < 4.78 is 0. The molecule has 2 fully saturated rings. The maximum Gasteiger partial charge on any atom is 0.330 e. The van der Waals surface area contributed by atoms with Crippen LogP contribution >= 0.6 is 0 Å². The van der Waals surface area contributed by atoms with E-state index in [2.05, 4.69) is 5.32 Å². The quantitative estimate of drug-likeness (QED) is 0.846. The van der Waals surface area contributed by atoms with Gasteiger partial charge >= 0.3 is 6.03 Å². The molecule has 1 heterocycles. The Bertz CT molecular complexity index is 605. The van der Waals surface area contributed by atoms with E-state index in [9.17, 15) is 14.4 Å². The van der Waals surface area contributed by atoms with Crippen LogP contribution in [-0.4, -0.2) is 29.3 Å². The third-order valence-electron chi connectivity index (χ3n) is 4.17. The molecule has 1 aromatic rings. The summed E-state index contributed by atoms with van der Waals surface area (Å²) in [5.74, 6) is -0.764. The van der Waals surface area contributed by atoms with E-state index < -0.39 is 17.4 Å². The second-order valence-corrected chi connectivity index (χ2v) is 5.47. The predicted molar refractivity (Wildman–Crippen MR) is 71.8 cm³/mol. The molecule has 1 spiro atoms. The molecule has 0 aromatic heterocycles. The van der Waals surface area contributed by atoms with Crippen molar-refractivity contribution < 1.29 is 14.4 Å². The van der Waals surface area contributed by atoms with Gasteiger partial charge in [-0.1, -0.05) is 24.3 Å². The third kappa shape index (κ3) is 1.90. The number of carbonyl (C=O) groups is 3. The minimum Gasteiger partial charge on any atom is -0.277 e. The van der Waals surface area contributed by atoms with Crippen LogP contribution in [0.3, 0.4) is 0 Å². The smallest absolute Gasteiger partial charge is 0.277 e. The van der Waals surface area contributed by atoms with Crippen LogP contribution in [0.1, 0.15) is 24.0 Å². The zero-order valence-electron chi connectivity index (χ0n) is 11.3. The summed E-state index contributed by atoms with van der Waals surface area (Å²) in [6, 6.07) is 7.28. The van der Waals surface area contributed by atoms with E-state index in [1.807, 2.05) is 31.2 Å². The summed E-state index contributed by atoms with van der Waals surface area (Å²) in [7, 11) is 0. The first-order valence-corrected chi connectivity index (χ1v) is 6.76. The lowest BCUT2D eigenvalue weighted by Gasteiger charge is -2.30. The first kappa shape index (κ1) is 12.8. The topological polar surface area (TPSA) is 66.5 Å². The van der Waals surface area contributed by atoms with E-state index in [0.717, 1.165) is 11.1 Å². The van der Waals surface area contributed by atoms with Crippen LogP contribution in [0.15, 0.2) is 24.3 Å². The van der Waals surface area contributed by atoms with Crippen molar-refractivity contribution in [2.45, 2.75) is 26.2 Å². The van der Waals surface area contributed by atoms with Gasteiger partial charge in [-0.25, -0.2) is 4.79 Å². The van der Waals surface area contributed by atoms with Gasteiger partial charge in [0, 0.05) is 6.54 Å². The normalized spacial score (nSPS) is 20.2. The number of nitrogens with zero attached hydrogens (tertiary/aromatic N) is 1. The molecular weight excluding hydrogens is 256 g/mol. The highest BCUT2D eigenvalue weighted by Gasteiger charge is 2.61. The molecule has 0 atom stereocenters. The Morgan fingerprint density at radius 2 is 1.90 bits per heavy atom. The van der Waals surface area contributed by atoms with E-state index in [4.69, 9.17) is 0 Å². The maximum absolute atomic E-state index is 12.3. The Hall–Kier alpha value is -2.17. The van der Waals surface area contributed by atoms with Crippen molar-refractivity contribution in [3.63, 3.8) is 0 Å². The molecule has 20 heavy (non-hydrogen) atoms. The Kier molecular flexibility index (Phi) is 2.85. The van der Waals surface area contributed by atoms with Crippen molar-refractivity contribution in [3.8, 4) is 0 Å². The van der Waals surface area contributed by atoms with Gasteiger partial charge < -0.3 is 0 Å². The lowest BCUT2D eigenvalue weighted by molar-refractivity contribution is -0.144. The molecule has 1 aliphatic carbocycles. The number of aryl methyl sites for hydroxylation is 1. The fourth-order valence-corrected chi connectivity index (χ4v) is 2.62. The van der Waals surface area contributed by atoms with Crippen LogP contribution in [0.25, 0.3) is 0 Å². The molecule has 5 heteroatoms. The number of benzene rings is 1. The third-order valence-corrected chi connectivity index (χ3v) is 4.17. The minimum absolute atomic E-state index is 0.310. The van der Waals surface area contributed by atoms with Crippen molar-refractivity contribution in [2.75, 3.05) is 6.54 Å². The highest BCUT2D eigenvalue weighted by Crippen LogP contribution is 2.48. The predicted octanol–water partition coefficient (Wildman–Crippen LogP) is 1.40. The number of barbiturate groups is 1. The first-order valence-electron chi connectivity index (χ1n) is 6.76. The van der Waals surface area contributed by atoms with E-state index in [0.29, 0.717) is 25.8 Å². The molecule has 0 bridgehead atoms. The molecule has 1 aromatic carbocycles. The Labute approximate surface area is 116 Å². The monoisotopic (exact) mass is 272 g/mol. The van der Waals surface area contributed by atoms with Crippen LogP contribution in [0.2, 0.25) is 0 Å². The molecule has 104 valence electrons. The summed E-state index contributed by atoms with van der Waals surface area (Å²) in [5.41, 5.74) is 1.30. The van der Waals surface area contributed by atoms with Gasteiger partial charge in [-0.3, -0.25) is 19.8 Å². The zero-order valence-corrected chi connectivity index (χ0v) is 11.3. The fourth-order valence-electron chi connectivity index (χ4n) is 2.62. The van der Waals surface area contributed by atoms with Crippen molar-refractivity contribution >= 4 is 17.8 Å². The van der Waals surface area contributed by atoms with Gasteiger partial charge in [-0.15, -0.1) is 0 Å². The number of urea groups is 1. The number of hydrogen-bond donors (Lipinski definition) is 1. The Balaban J connectivity index is 1.74. The second kappa shape index (κ2) is 4.44. The maximum atomic E-state index is 12.3. The van der Waals surface area contributed by atoms with Crippen LogP contribution in [0.4, 0.5) is 4.79 Å². The Morgan fingerprint density at radius 1 is 1.20 bits per heavy atom. The number of hydrogen-bond acceptors (Lipinski definition) is 3. The van der Waals surface area contributed by atoms with E-state index in [1.54, 1.807) is 0 Å². The summed E-state index contributed by atoms with van der Waals surface area (Å²) in [6.45, 7) is 2.31. The number of imide groups is 2. The molecule has 1 N–H and O–H groups in total. The highest BCUT2D eigenvalue weighted by molar-refractivity contribution is 6.20. The van der Waals surface area contributed by atoms with Crippen molar-refractivity contribution in [2.24, 2.45) is 5.41 Å². The summed E-state index contributed by atoms with van der Waals surface area (Å²) in [4.78, 5) is 37.0. The highest BCUT2D eigenvalue weighted by atomic mass is 16.2. The second-order valence-electron chi connectivity index (χ2n) is 5.47. The summed E-state index contributed by atoms with van der Waals surface area (Å²) >= 11 is 0. The largest absolute Gasteiger partial charge is 0.330 e. The average molecular weight is 272 g/mol. The van der Waals surface area contributed by atoms with E-state index in [1.165, 1.54) is 4.90 Å². The van der Waals surface area contributed by atoms with Crippen molar-refractivity contribution in [1.82, 2.24) is 10.2 Å². The van der Waals surface area contributed by atoms with Crippen molar-refractivity contribution in [1.29, 1.82) is 0 Å². The first-order chi connectivity index (χ1) is 9.54. The minimum atomic E-state index is -0.945.